The predicted octanol–water partition coefficient (Wildman–Crippen LogP) is 3.76. The maximum Gasteiger partial charge on any atom is 0.268 e. The van der Waals surface area contributed by atoms with Crippen molar-refractivity contribution in [3.63, 3.8) is 0 Å². The summed E-state index contributed by atoms with van der Waals surface area (Å²) < 4.78 is 55.1. The number of alkyl halides is 2. The second-order valence-electron chi connectivity index (χ2n) is 6.95. The summed E-state index contributed by atoms with van der Waals surface area (Å²) in [5.74, 6) is 0. The Bertz CT molecular complexity index is 990. The maximum absolute atomic E-state index is 13.4. The first-order valence-electron chi connectivity index (χ1n) is 8.70. The lowest BCUT2D eigenvalue weighted by molar-refractivity contribution is 0.146. The second-order valence-corrected chi connectivity index (χ2v) is 8.80. The van der Waals surface area contributed by atoms with E-state index in [1.807, 2.05) is 19.9 Å². The van der Waals surface area contributed by atoms with Crippen LogP contribution < -0.4 is 0 Å². The molecule has 2 heterocycles. The first-order valence-corrected chi connectivity index (χ1v) is 10.1. The van der Waals surface area contributed by atoms with Gasteiger partial charge in [0.25, 0.3) is 16.4 Å². The van der Waals surface area contributed by atoms with Crippen molar-refractivity contribution in [1.29, 1.82) is 0 Å². The molecule has 2 aromatic rings. The first kappa shape index (κ1) is 19.7. The van der Waals surface area contributed by atoms with Crippen LogP contribution in [0.4, 0.5) is 8.78 Å². The number of hydrogen-bond acceptors (Lipinski definition) is 3. The van der Waals surface area contributed by atoms with Gasteiger partial charge >= 0.3 is 0 Å². The standard InChI is InChI=1S/C19H23F2N3O2S/c1-12-9-13(2)11-16(10-12)15-5-7-24(8-6-15)27(25,26)19-17(18(20)21)14(3)22-23(19)4/h5,9-11,18H,6-8H2,1-4H3. The summed E-state index contributed by atoms with van der Waals surface area (Å²) in [7, 11) is -2.68. The number of sulfonamides is 1. The molecule has 0 amide bonds. The molecular formula is C19H23F2N3O2S. The van der Waals surface area contributed by atoms with E-state index in [1.54, 1.807) is 0 Å². The third-order valence-corrected chi connectivity index (χ3v) is 6.77. The summed E-state index contributed by atoms with van der Waals surface area (Å²) in [5, 5.41) is 3.47. The Morgan fingerprint density at radius 1 is 1.11 bits per heavy atom. The molecule has 0 bridgehead atoms. The fourth-order valence-electron chi connectivity index (χ4n) is 3.62. The van der Waals surface area contributed by atoms with E-state index in [0.717, 1.165) is 26.9 Å². The number of nitrogens with zero attached hydrogens (tertiary/aromatic N) is 3. The van der Waals surface area contributed by atoms with Gasteiger partial charge in [0, 0.05) is 20.1 Å². The van der Waals surface area contributed by atoms with Crippen molar-refractivity contribution < 1.29 is 17.2 Å². The van der Waals surface area contributed by atoms with Crippen LogP contribution in [0.15, 0.2) is 29.3 Å². The van der Waals surface area contributed by atoms with Crippen LogP contribution in [0.5, 0.6) is 0 Å². The van der Waals surface area contributed by atoms with Crippen molar-refractivity contribution in [2.24, 2.45) is 7.05 Å². The van der Waals surface area contributed by atoms with E-state index >= 15 is 0 Å². The van der Waals surface area contributed by atoms with E-state index < -0.39 is 27.0 Å². The molecule has 27 heavy (non-hydrogen) atoms. The van der Waals surface area contributed by atoms with Gasteiger partial charge in [0.2, 0.25) is 0 Å². The van der Waals surface area contributed by atoms with Gasteiger partial charge in [-0.1, -0.05) is 35.4 Å². The van der Waals surface area contributed by atoms with Crippen LogP contribution in [-0.4, -0.2) is 35.6 Å². The number of rotatable bonds is 4. The molecule has 146 valence electrons. The maximum atomic E-state index is 13.4. The number of hydrogen-bond donors (Lipinski definition) is 0. The topological polar surface area (TPSA) is 55.2 Å². The Labute approximate surface area is 158 Å². The highest BCUT2D eigenvalue weighted by Gasteiger charge is 2.35. The first-order chi connectivity index (χ1) is 12.6. The Kier molecular flexibility index (Phi) is 5.22. The summed E-state index contributed by atoms with van der Waals surface area (Å²) in [5.41, 5.74) is 3.97. The van der Waals surface area contributed by atoms with Crippen LogP contribution >= 0.6 is 0 Å². The van der Waals surface area contributed by atoms with Gasteiger partial charge in [-0.05, 0) is 38.3 Å². The number of benzene rings is 1. The Hall–Kier alpha value is -2.06. The van der Waals surface area contributed by atoms with Gasteiger partial charge < -0.3 is 0 Å². The molecule has 1 aliphatic rings. The molecule has 0 atom stereocenters. The average Bonchev–Trinajstić information content (AvgIpc) is 2.89. The van der Waals surface area contributed by atoms with Gasteiger partial charge in [-0.2, -0.15) is 9.40 Å². The highest BCUT2D eigenvalue weighted by molar-refractivity contribution is 7.89. The van der Waals surface area contributed by atoms with Gasteiger partial charge in [-0.25, -0.2) is 17.2 Å². The molecule has 1 aromatic carbocycles. The van der Waals surface area contributed by atoms with Gasteiger partial charge in [0.05, 0.1) is 11.3 Å². The minimum absolute atomic E-state index is 0.0366. The molecule has 0 aliphatic carbocycles. The zero-order valence-corrected chi connectivity index (χ0v) is 16.6. The van der Waals surface area contributed by atoms with E-state index in [-0.39, 0.29) is 18.8 Å². The van der Waals surface area contributed by atoms with Crippen LogP contribution in [-0.2, 0) is 17.1 Å². The van der Waals surface area contributed by atoms with Crippen LogP contribution in [0, 0.1) is 20.8 Å². The number of halogens is 2. The third-order valence-electron chi connectivity index (χ3n) is 4.78. The molecule has 0 fully saturated rings. The summed E-state index contributed by atoms with van der Waals surface area (Å²) in [6.07, 6.45) is -0.501. The molecule has 0 N–H and O–H groups in total. The molecule has 0 saturated heterocycles. The number of aryl methyl sites for hydroxylation is 4. The van der Waals surface area contributed by atoms with Gasteiger partial charge in [-0.3, -0.25) is 4.68 Å². The molecule has 0 radical (unpaired) electrons. The van der Waals surface area contributed by atoms with Crippen molar-refractivity contribution in [1.82, 2.24) is 14.1 Å². The lowest BCUT2D eigenvalue weighted by Crippen LogP contribution is -2.36. The molecule has 8 heteroatoms. The normalized spacial score (nSPS) is 16.0. The van der Waals surface area contributed by atoms with E-state index in [0.29, 0.717) is 6.42 Å². The van der Waals surface area contributed by atoms with Crippen molar-refractivity contribution in [2.45, 2.75) is 38.6 Å². The van der Waals surface area contributed by atoms with Crippen molar-refractivity contribution in [3.8, 4) is 0 Å². The van der Waals surface area contributed by atoms with E-state index in [9.17, 15) is 17.2 Å². The molecule has 1 aliphatic heterocycles. The minimum Gasteiger partial charge on any atom is -0.255 e. The Balaban J connectivity index is 1.92. The molecule has 3 rings (SSSR count). The van der Waals surface area contributed by atoms with Gasteiger partial charge in [0.1, 0.15) is 0 Å². The van der Waals surface area contributed by atoms with Gasteiger partial charge in [0.15, 0.2) is 5.03 Å². The van der Waals surface area contributed by atoms with E-state index in [2.05, 4.69) is 23.3 Å². The van der Waals surface area contributed by atoms with E-state index in [1.165, 1.54) is 18.3 Å². The minimum atomic E-state index is -4.06. The molecule has 0 saturated carbocycles. The summed E-state index contributed by atoms with van der Waals surface area (Å²) in [4.78, 5) is 0. The third kappa shape index (κ3) is 3.68. The second kappa shape index (κ2) is 7.16. The fraction of sp³-hybridized carbons (Fsp3) is 0.421. The van der Waals surface area contributed by atoms with Crippen molar-refractivity contribution >= 4 is 15.6 Å². The molecule has 1 aromatic heterocycles. The largest absolute Gasteiger partial charge is 0.268 e. The molecule has 0 unspecified atom stereocenters. The van der Waals surface area contributed by atoms with Gasteiger partial charge in [-0.15, -0.1) is 0 Å². The molecule has 0 spiro atoms. The van der Waals surface area contributed by atoms with E-state index in [4.69, 9.17) is 0 Å². The average molecular weight is 395 g/mol. The molecular weight excluding hydrogens is 372 g/mol. The summed E-state index contributed by atoms with van der Waals surface area (Å²) >= 11 is 0. The predicted molar refractivity (Wildman–Crippen MR) is 100 cm³/mol. The van der Waals surface area contributed by atoms with Crippen LogP contribution in [0.25, 0.3) is 5.57 Å². The van der Waals surface area contributed by atoms with Crippen molar-refractivity contribution in [3.05, 3.63) is 52.2 Å². The van der Waals surface area contributed by atoms with Crippen LogP contribution in [0.1, 0.15) is 40.8 Å². The smallest absolute Gasteiger partial charge is 0.255 e. The highest BCUT2D eigenvalue weighted by atomic mass is 32.2. The monoisotopic (exact) mass is 395 g/mol. The van der Waals surface area contributed by atoms with Crippen LogP contribution in [0.3, 0.4) is 0 Å². The molecule has 5 nitrogen and oxygen atoms in total. The Morgan fingerprint density at radius 3 is 2.26 bits per heavy atom. The van der Waals surface area contributed by atoms with Crippen molar-refractivity contribution in [2.75, 3.05) is 13.1 Å². The Morgan fingerprint density at radius 2 is 1.74 bits per heavy atom. The fourth-order valence-corrected chi connectivity index (χ4v) is 5.36. The van der Waals surface area contributed by atoms with Crippen LogP contribution in [0.2, 0.25) is 0 Å². The quantitative estimate of drug-likeness (QED) is 0.792. The SMILES string of the molecule is Cc1cc(C)cc(C2=CCN(S(=O)(=O)c3c(C(F)F)c(C)nn3C)CC2)c1. The zero-order chi connectivity index (χ0) is 19.9. The number of aromatic nitrogens is 2. The lowest BCUT2D eigenvalue weighted by Gasteiger charge is -2.26. The summed E-state index contributed by atoms with van der Waals surface area (Å²) in [6, 6.07) is 6.23. The zero-order valence-electron chi connectivity index (χ0n) is 15.8. The lowest BCUT2D eigenvalue weighted by atomic mass is 9.97. The highest BCUT2D eigenvalue weighted by Crippen LogP contribution is 2.33. The summed E-state index contributed by atoms with van der Waals surface area (Å²) in [6.45, 7) is 5.83.